The number of rotatable bonds is 6. The van der Waals surface area contributed by atoms with E-state index in [9.17, 15) is 0 Å². The molecule has 1 saturated carbocycles. The van der Waals surface area contributed by atoms with Crippen LogP contribution < -0.4 is 0 Å². The molecule has 0 amide bonds. The van der Waals surface area contributed by atoms with Crippen LogP contribution in [0.25, 0.3) is 0 Å². The van der Waals surface area contributed by atoms with Crippen LogP contribution in [-0.2, 0) is 12.3 Å². The van der Waals surface area contributed by atoms with Gasteiger partial charge < -0.3 is 4.42 Å². The van der Waals surface area contributed by atoms with E-state index in [4.69, 9.17) is 4.42 Å². The number of nitrogens with zero attached hydrogens (tertiary/aromatic N) is 3. The Balaban J connectivity index is 1.54. The smallest absolute Gasteiger partial charge is 0.191 e. The summed E-state index contributed by atoms with van der Waals surface area (Å²) in [5, 5.41) is 9.84. The topological polar surface area (TPSA) is 43.9 Å². The number of hydrogen-bond acceptors (Lipinski definition) is 4. The first-order valence-corrected chi connectivity index (χ1v) is 8.92. The Morgan fingerprint density at radius 2 is 2.00 bits per heavy atom. The lowest BCUT2D eigenvalue weighted by molar-refractivity contribution is 0.478. The molecule has 1 aromatic carbocycles. The summed E-state index contributed by atoms with van der Waals surface area (Å²) < 4.78 is 7.72. The summed E-state index contributed by atoms with van der Waals surface area (Å²) >= 11 is 1.74. The molecule has 23 heavy (non-hydrogen) atoms. The van der Waals surface area contributed by atoms with Crippen molar-refractivity contribution in [2.75, 3.05) is 0 Å². The summed E-state index contributed by atoms with van der Waals surface area (Å²) in [6.45, 7) is 2.82. The molecule has 1 fully saturated rings. The van der Waals surface area contributed by atoms with Gasteiger partial charge in [0.25, 0.3) is 0 Å². The highest BCUT2D eigenvalue weighted by molar-refractivity contribution is 7.98. The fourth-order valence-corrected chi connectivity index (χ4v) is 3.49. The van der Waals surface area contributed by atoms with Gasteiger partial charge in [-0.3, -0.25) is 4.57 Å². The van der Waals surface area contributed by atoms with Gasteiger partial charge in [-0.05, 0) is 37.5 Å². The number of furan rings is 1. The van der Waals surface area contributed by atoms with Crippen LogP contribution >= 0.6 is 11.8 Å². The first-order valence-electron chi connectivity index (χ1n) is 7.93. The molecule has 1 aliphatic rings. The standard InChI is InChI=1S/C18H19N3OS/c1-13-4-6-14(7-5-13)12-23-18-20-19-17(15-8-9-15)21(18)11-16-3-2-10-22-16/h2-7,10,15H,8-9,11-12H2,1H3. The molecule has 0 unspecified atom stereocenters. The van der Waals surface area contributed by atoms with E-state index in [1.807, 2.05) is 12.1 Å². The maximum Gasteiger partial charge on any atom is 0.191 e. The van der Waals surface area contributed by atoms with Crippen molar-refractivity contribution in [3.05, 3.63) is 65.4 Å². The van der Waals surface area contributed by atoms with Gasteiger partial charge in [-0.15, -0.1) is 10.2 Å². The van der Waals surface area contributed by atoms with Gasteiger partial charge in [-0.2, -0.15) is 0 Å². The molecule has 118 valence electrons. The molecule has 0 aliphatic heterocycles. The highest BCUT2D eigenvalue weighted by atomic mass is 32.2. The molecule has 1 aliphatic carbocycles. The Bertz CT molecular complexity index is 773. The second kappa shape index (κ2) is 6.24. The third-order valence-electron chi connectivity index (χ3n) is 4.07. The van der Waals surface area contributed by atoms with E-state index in [2.05, 4.69) is 46.0 Å². The summed E-state index contributed by atoms with van der Waals surface area (Å²) in [5.74, 6) is 3.53. The predicted molar refractivity (Wildman–Crippen MR) is 90.5 cm³/mol. The van der Waals surface area contributed by atoms with E-state index in [0.29, 0.717) is 12.5 Å². The second-order valence-electron chi connectivity index (χ2n) is 6.05. The molecule has 0 bridgehead atoms. The van der Waals surface area contributed by atoms with Gasteiger partial charge in [-0.1, -0.05) is 41.6 Å². The van der Waals surface area contributed by atoms with Gasteiger partial charge >= 0.3 is 0 Å². The van der Waals surface area contributed by atoms with Crippen LogP contribution in [0.1, 0.15) is 41.5 Å². The van der Waals surface area contributed by atoms with Crippen LogP contribution in [-0.4, -0.2) is 14.8 Å². The van der Waals surface area contributed by atoms with Crippen molar-refractivity contribution < 1.29 is 4.42 Å². The zero-order chi connectivity index (χ0) is 15.6. The lowest BCUT2D eigenvalue weighted by Crippen LogP contribution is -2.05. The Morgan fingerprint density at radius 1 is 1.17 bits per heavy atom. The largest absolute Gasteiger partial charge is 0.467 e. The maximum atomic E-state index is 5.51. The SMILES string of the molecule is Cc1ccc(CSc2nnc(C3CC3)n2Cc2ccco2)cc1. The zero-order valence-electron chi connectivity index (χ0n) is 13.1. The lowest BCUT2D eigenvalue weighted by atomic mass is 10.2. The molecule has 4 nitrogen and oxygen atoms in total. The third kappa shape index (κ3) is 3.34. The van der Waals surface area contributed by atoms with Gasteiger partial charge in [-0.25, -0.2) is 0 Å². The quantitative estimate of drug-likeness (QED) is 0.630. The molecule has 4 rings (SSSR count). The molecule has 0 radical (unpaired) electrons. The molecular weight excluding hydrogens is 306 g/mol. The minimum Gasteiger partial charge on any atom is -0.467 e. The number of aromatic nitrogens is 3. The van der Waals surface area contributed by atoms with Crippen molar-refractivity contribution >= 4 is 11.8 Å². The number of hydrogen-bond donors (Lipinski definition) is 0. The van der Waals surface area contributed by atoms with Gasteiger partial charge in [0, 0.05) is 11.7 Å². The van der Waals surface area contributed by atoms with Gasteiger partial charge in [0.15, 0.2) is 5.16 Å². The van der Waals surface area contributed by atoms with E-state index < -0.39 is 0 Å². The molecule has 2 aromatic heterocycles. The van der Waals surface area contributed by atoms with Crippen molar-refractivity contribution in [2.45, 2.75) is 43.1 Å². The highest BCUT2D eigenvalue weighted by Crippen LogP contribution is 2.40. The molecule has 0 saturated heterocycles. The van der Waals surface area contributed by atoms with Gasteiger partial charge in [0.2, 0.25) is 0 Å². The number of benzene rings is 1. The second-order valence-corrected chi connectivity index (χ2v) is 7.00. The third-order valence-corrected chi connectivity index (χ3v) is 5.11. The Kier molecular flexibility index (Phi) is 3.95. The van der Waals surface area contributed by atoms with Crippen LogP contribution in [0, 0.1) is 6.92 Å². The summed E-state index contributed by atoms with van der Waals surface area (Å²) in [4.78, 5) is 0. The van der Waals surface area contributed by atoms with Gasteiger partial charge in [0.1, 0.15) is 11.6 Å². The monoisotopic (exact) mass is 325 g/mol. The summed E-state index contributed by atoms with van der Waals surface area (Å²) in [5.41, 5.74) is 2.59. The maximum absolute atomic E-state index is 5.51. The van der Waals surface area contributed by atoms with E-state index in [0.717, 1.165) is 22.5 Å². The molecular formula is C18H19N3OS. The summed E-state index contributed by atoms with van der Waals surface area (Å²) in [7, 11) is 0. The van der Waals surface area contributed by atoms with Crippen molar-refractivity contribution in [1.82, 2.24) is 14.8 Å². The van der Waals surface area contributed by atoms with E-state index in [1.54, 1.807) is 18.0 Å². The zero-order valence-corrected chi connectivity index (χ0v) is 13.9. The molecule has 0 atom stereocenters. The van der Waals surface area contributed by atoms with Crippen molar-refractivity contribution in [3.8, 4) is 0 Å². The number of aryl methyl sites for hydroxylation is 1. The van der Waals surface area contributed by atoms with Crippen molar-refractivity contribution in [1.29, 1.82) is 0 Å². The molecule has 0 spiro atoms. The first kappa shape index (κ1) is 14.6. The number of thioether (sulfide) groups is 1. The van der Waals surface area contributed by atoms with Crippen LogP contribution in [0.15, 0.2) is 52.2 Å². The molecule has 2 heterocycles. The van der Waals surface area contributed by atoms with Crippen molar-refractivity contribution in [2.24, 2.45) is 0 Å². The van der Waals surface area contributed by atoms with Crippen LogP contribution in [0.3, 0.4) is 0 Å². The minimum atomic E-state index is 0.575. The predicted octanol–water partition coefficient (Wildman–Crippen LogP) is 4.40. The minimum absolute atomic E-state index is 0.575. The molecule has 5 heteroatoms. The van der Waals surface area contributed by atoms with Crippen LogP contribution in [0.2, 0.25) is 0 Å². The van der Waals surface area contributed by atoms with Crippen molar-refractivity contribution in [3.63, 3.8) is 0 Å². The van der Waals surface area contributed by atoms with Gasteiger partial charge in [0.05, 0.1) is 12.8 Å². The Hall–Kier alpha value is -2.01. The van der Waals surface area contributed by atoms with E-state index >= 15 is 0 Å². The first-order chi connectivity index (χ1) is 11.3. The Labute approximate surface area is 139 Å². The normalized spacial score (nSPS) is 14.3. The average Bonchev–Trinajstić information content (AvgIpc) is 3.13. The van der Waals surface area contributed by atoms with Crippen LogP contribution in [0.4, 0.5) is 0 Å². The highest BCUT2D eigenvalue weighted by Gasteiger charge is 2.30. The fourth-order valence-electron chi connectivity index (χ4n) is 2.59. The fraction of sp³-hybridized carbons (Fsp3) is 0.333. The summed E-state index contributed by atoms with van der Waals surface area (Å²) in [6.07, 6.45) is 4.16. The van der Waals surface area contributed by atoms with E-state index in [1.165, 1.54) is 24.0 Å². The Morgan fingerprint density at radius 3 is 2.70 bits per heavy atom. The summed E-state index contributed by atoms with van der Waals surface area (Å²) in [6, 6.07) is 12.6. The molecule has 0 N–H and O–H groups in total. The molecule has 3 aromatic rings. The van der Waals surface area contributed by atoms with E-state index in [-0.39, 0.29) is 0 Å². The average molecular weight is 325 g/mol. The van der Waals surface area contributed by atoms with Crippen LogP contribution in [0.5, 0.6) is 0 Å². The lowest BCUT2D eigenvalue weighted by Gasteiger charge is -2.08.